The maximum Gasteiger partial charge on any atom is 0.194 e. The van der Waals surface area contributed by atoms with Crippen molar-refractivity contribution in [3.63, 3.8) is 0 Å². The van der Waals surface area contributed by atoms with Gasteiger partial charge in [-0.3, -0.25) is 15.3 Å². The van der Waals surface area contributed by atoms with Gasteiger partial charge in [-0.25, -0.2) is 4.98 Å². The molecule has 23 heavy (non-hydrogen) atoms. The van der Waals surface area contributed by atoms with Crippen LogP contribution in [0.1, 0.15) is 37.3 Å². The summed E-state index contributed by atoms with van der Waals surface area (Å²) in [4.78, 5) is 9.99. The standard InChI is InChI=1S/C14H21N7S2/c1-18-12(16)20-14-19-11(7-23-14)9-4-3-5-10(6-9)21(8-15)13(17)22-2/h7,9-10,17H,3-6H2,1-2H3,(H3,16,18,19,20). The van der Waals surface area contributed by atoms with Gasteiger partial charge in [0.25, 0.3) is 0 Å². The Morgan fingerprint density at radius 2 is 2.43 bits per heavy atom. The van der Waals surface area contributed by atoms with E-state index in [1.54, 1.807) is 7.05 Å². The monoisotopic (exact) mass is 351 g/mol. The smallest absolute Gasteiger partial charge is 0.194 e. The summed E-state index contributed by atoms with van der Waals surface area (Å²) in [6, 6.07) is 0.0825. The number of guanidine groups is 1. The van der Waals surface area contributed by atoms with Crippen LogP contribution in [0.5, 0.6) is 0 Å². The molecule has 4 N–H and O–H groups in total. The minimum absolute atomic E-state index is 0.0825. The molecule has 0 bridgehead atoms. The molecule has 1 saturated carbocycles. The first-order chi connectivity index (χ1) is 11.1. The first kappa shape index (κ1) is 17.6. The molecule has 0 aromatic carbocycles. The molecule has 2 unspecified atom stereocenters. The summed E-state index contributed by atoms with van der Waals surface area (Å²) in [6.45, 7) is 0. The third-order valence-electron chi connectivity index (χ3n) is 3.95. The Hall–Kier alpha value is -1.79. The average molecular weight is 352 g/mol. The highest BCUT2D eigenvalue weighted by atomic mass is 32.2. The minimum Gasteiger partial charge on any atom is -0.370 e. The van der Waals surface area contributed by atoms with Crippen molar-refractivity contribution in [2.45, 2.75) is 37.6 Å². The largest absolute Gasteiger partial charge is 0.370 e. The molecule has 1 aromatic heterocycles. The van der Waals surface area contributed by atoms with Crippen LogP contribution in [0.3, 0.4) is 0 Å². The zero-order chi connectivity index (χ0) is 16.8. The van der Waals surface area contributed by atoms with Crippen molar-refractivity contribution in [3.05, 3.63) is 11.1 Å². The van der Waals surface area contributed by atoms with Crippen LogP contribution in [0.4, 0.5) is 5.13 Å². The summed E-state index contributed by atoms with van der Waals surface area (Å²) in [5, 5.41) is 23.3. The maximum absolute atomic E-state index is 9.34. The van der Waals surface area contributed by atoms with Crippen LogP contribution in [-0.2, 0) is 0 Å². The van der Waals surface area contributed by atoms with Gasteiger partial charge in [0.1, 0.15) is 0 Å². The number of hydrogen-bond acceptors (Lipinski definition) is 6. The fraction of sp³-hybridized carbons (Fsp3) is 0.571. The van der Waals surface area contributed by atoms with Crippen LogP contribution in [-0.4, -0.2) is 40.4 Å². The van der Waals surface area contributed by atoms with Crippen LogP contribution in [0.2, 0.25) is 0 Å². The van der Waals surface area contributed by atoms with E-state index in [9.17, 15) is 5.26 Å². The summed E-state index contributed by atoms with van der Waals surface area (Å²) in [7, 11) is 1.62. The molecule has 9 heteroatoms. The third kappa shape index (κ3) is 4.36. The minimum atomic E-state index is 0.0825. The van der Waals surface area contributed by atoms with Gasteiger partial charge in [-0.2, -0.15) is 5.26 Å². The van der Waals surface area contributed by atoms with Crippen LogP contribution < -0.4 is 11.1 Å². The zero-order valence-electron chi connectivity index (χ0n) is 13.2. The number of aliphatic imine (C=N–C) groups is 1. The lowest BCUT2D eigenvalue weighted by Crippen LogP contribution is -2.37. The van der Waals surface area contributed by atoms with E-state index in [1.807, 2.05) is 11.6 Å². The molecular weight excluding hydrogens is 330 g/mol. The van der Waals surface area contributed by atoms with E-state index in [1.165, 1.54) is 28.0 Å². The maximum atomic E-state index is 9.34. The van der Waals surface area contributed by atoms with Gasteiger partial charge < -0.3 is 11.1 Å². The highest BCUT2D eigenvalue weighted by Gasteiger charge is 2.30. The predicted molar refractivity (Wildman–Crippen MR) is 97.0 cm³/mol. The van der Waals surface area contributed by atoms with Crippen LogP contribution in [0.15, 0.2) is 10.4 Å². The van der Waals surface area contributed by atoms with Gasteiger partial charge >= 0.3 is 0 Å². The molecule has 0 radical (unpaired) electrons. The van der Waals surface area contributed by atoms with Gasteiger partial charge in [-0.05, 0) is 25.5 Å². The van der Waals surface area contributed by atoms with E-state index in [0.29, 0.717) is 17.0 Å². The van der Waals surface area contributed by atoms with Crippen molar-refractivity contribution in [3.8, 4) is 6.19 Å². The summed E-state index contributed by atoms with van der Waals surface area (Å²) in [5.41, 5.74) is 6.69. The lowest BCUT2D eigenvalue weighted by molar-refractivity contribution is 0.283. The molecule has 124 valence electrons. The lowest BCUT2D eigenvalue weighted by Gasteiger charge is -2.33. The van der Waals surface area contributed by atoms with E-state index in [0.717, 1.165) is 36.5 Å². The molecule has 0 amide bonds. The van der Waals surface area contributed by atoms with Gasteiger partial charge in [0.05, 0.1) is 5.69 Å². The summed E-state index contributed by atoms with van der Waals surface area (Å²) in [6.07, 6.45) is 7.86. The first-order valence-electron chi connectivity index (χ1n) is 7.35. The summed E-state index contributed by atoms with van der Waals surface area (Å²) >= 11 is 2.80. The van der Waals surface area contributed by atoms with Gasteiger partial charge in [-0.15, -0.1) is 11.3 Å². The molecule has 2 atom stereocenters. The number of aromatic nitrogens is 1. The molecule has 0 spiro atoms. The van der Waals surface area contributed by atoms with E-state index in [2.05, 4.69) is 21.5 Å². The van der Waals surface area contributed by atoms with Crippen molar-refractivity contribution in [1.29, 1.82) is 10.7 Å². The van der Waals surface area contributed by atoms with Crippen molar-refractivity contribution in [2.75, 3.05) is 18.6 Å². The van der Waals surface area contributed by atoms with Gasteiger partial charge in [-0.1, -0.05) is 18.2 Å². The second-order valence-electron chi connectivity index (χ2n) is 5.31. The van der Waals surface area contributed by atoms with Gasteiger partial charge in [0, 0.05) is 24.4 Å². The first-order valence-corrected chi connectivity index (χ1v) is 9.45. The van der Waals surface area contributed by atoms with Crippen LogP contribution in [0, 0.1) is 16.9 Å². The number of anilines is 1. The number of thiazole rings is 1. The van der Waals surface area contributed by atoms with Crippen molar-refractivity contribution in [1.82, 2.24) is 9.88 Å². The highest BCUT2D eigenvalue weighted by Crippen LogP contribution is 2.36. The number of hydrogen-bond donors (Lipinski definition) is 3. The summed E-state index contributed by atoms with van der Waals surface area (Å²) in [5.74, 6) is 0.655. The Balaban J connectivity index is 2.06. The number of nitriles is 1. The molecule has 1 aliphatic carbocycles. The van der Waals surface area contributed by atoms with Gasteiger partial charge in [0.2, 0.25) is 0 Å². The van der Waals surface area contributed by atoms with E-state index >= 15 is 0 Å². The molecule has 0 aliphatic heterocycles. The number of nitrogens with one attached hydrogen (secondary N) is 2. The van der Waals surface area contributed by atoms with E-state index < -0.39 is 0 Å². The average Bonchev–Trinajstić information content (AvgIpc) is 3.04. The Morgan fingerprint density at radius 3 is 3.09 bits per heavy atom. The second kappa shape index (κ2) is 8.17. The van der Waals surface area contributed by atoms with Crippen molar-refractivity contribution < 1.29 is 0 Å². The molecule has 1 aromatic rings. The van der Waals surface area contributed by atoms with Gasteiger partial charge in [0.15, 0.2) is 22.5 Å². The van der Waals surface area contributed by atoms with E-state index in [4.69, 9.17) is 11.1 Å². The fourth-order valence-electron chi connectivity index (χ4n) is 2.75. The predicted octanol–water partition coefficient (Wildman–Crippen LogP) is 2.61. The Morgan fingerprint density at radius 1 is 1.65 bits per heavy atom. The normalized spacial score (nSPS) is 21.5. The fourth-order valence-corrected chi connectivity index (χ4v) is 3.94. The van der Waals surface area contributed by atoms with Crippen LogP contribution >= 0.6 is 23.1 Å². The molecule has 1 aliphatic rings. The molecule has 1 fully saturated rings. The third-order valence-corrected chi connectivity index (χ3v) is 5.31. The molecule has 7 nitrogen and oxygen atoms in total. The van der Waals surface area contributed by atoms with Crippen LogP contribution in [0.25, 0.3) is 0 Å². The number of nitrogens with zero attached hydrogens (tertiary/aromatic N) is 4. The Bertz CT molecular complexity index is 619. The molecule has 2 rings (SSSR count). The molecule has 0 saturated heterocycles. The number of nitrogens with two attached hydrogens (primary N) is 1. The highest BCUT2D eigenvalue weighted by molar-refractivity contribution is 8.13. The quantitative estimate of drug-likeness (QED) is 0.334. The second-order valence-corrected chi connectivity index (χ2v) is 6.96. The SMILES string of the molecule is CN=C(N)Nc1nc(C2CCCC(N(C#N)C(=N)SC)C2)cs1. The number of rotatable bonds is 3. The topological polar surface area (TPSA) is 114 Å². The zero-order valence-corrected chi connectivity index (χ0v) is 14.9. The van der Waals surface area contributed by atoms with Crippen molar-refractivity contribution in [2.24, 2.45) is 10.7 Å². The Labute approximate surface area is 144 Å². The molecule has 1 heterocycles. The number of amidine groups is 1. The lowest BCUT2D eigenvalue weighted by atomic mass is 9.83. The number of thioether (sulfide) groups is 1. The Kier molecular flexibility index (Phi) is 6.24. The summed E-state index contributed by atoms with van der Waals surface area (Å²) < 4.78 is 0. The van der Waals surface area contributed by atoms with Crippen molar-refractivity contribution >= 4 is 39.4 Å². The molecular formula is C14H21N7S2. The van der Waals surface area contributed by atoms with E-state index in [-0.39, 0.29) is 6.04 Å².